The van der Waals surface area contributed by atoms with Crippen LogP contribution in [0.15, 0.2) is 0 Å². The molecule has 3 aliphatic carbocycles. The van der Waals surface area contributed by atoms with Gasteiger partial charge in [-0.2, -0.15) is 0 Å². The van der Waals surface area contributed by atoms with Gasteiger partial charge in [-0.25, -0.2) is 0 Å². The molecule has 0 aliphatic heterocycles. The Morgan fingerprint density at radius 1 is 1.13 bits per heavy atom. The van der Waals surface area contributed by atoms with Crippen molar-refractivity contribution in [3.63, 3.8) is 0 Å². The number of carbonyl (C=O) groups excluding carboxylic acids is 2. The zero-order chi connectivity index (χ0) is 22.6. The molecule has 0 unspecified atom stereocenters. The van der Waals surface area contributed by atoms with Gasteiger partial charge in [0.15, 0.2) is 0 Å². The minimum atomic E-state index is -0.522. The first-order valence-electron chi connectivity index (χ1n) is 12.5. The number of carbonyl (C=O) groups is 2. The Hall–Kier alpha value is -1.14. The fourth-order valence-electron chi connectivity index (χ4n) is 6.79. The number of nitrogens with one attached hydrogen (secondary N) is 2. The second-order valence-corrected chi connectivity index (χ2v) is 10.8. The van der Waals surface area contributed by atoms with Gasteiger partial charge in [0.05, 0.1) is 12.7 Å². The van der Waals surface area contributed by atoms with E-state index in [1.807, 2.05) is 6.92 Å². The van der Waals surface area contributed by atoms with Crippen molar-refractivity contribution in [2.75, 3.05) is 20.3 Å². The highest BCUT2D eigenvalue weighted by Crippen LogP contribution is 2.55. The highest BCUT2D eigenvalue weighted by molar-refractivity contribution is 5.79. The highest BCUT2D eigenvalue weighted by Gasteiger charge is 2.54. The molecule has 6 heteroatoms. The molecule has 0 bridgehead atoms. The molecule has 3 fully saturated rings. The average molecular weight is 437 g/mol. The molecule has 0 radical (unpaired) electrons. The Labute approximate surface area is 188 Å². The van der Waals surface area contributed by atoms with Gasteiger partial charge in [0.1, 0.15) is 0 Å². The van der Waals surface area contributed by atoms with E-state index in [-0.39, 0.29) is 52.9 Å². The van der Waals surface area contributed by atoms with Crippen molar-refractivity contribution in [2.45, 2.75) is 90.7 Å². The lowest BCUT2D eigenvalue weighted by Crippen LogP contribution is -2.59. The number of aliphatic hydroxyl groups excluding tert-OH is 1. The van der Waals surface area contributed by atoms with Gasteiger partial charge < -0.3 is 20.5 Å². The molecule has 2 amide bonds. The molecule has 178 valence electrons. The van der Waals surface area contributed by atoms with Crippen molar-refractivity contribution in [3.8, 4) is 0 Å². The van der Waals surface area contributed by atoms with E-state index in [1.165, 1.54) is 6.42 Å². The molecule has 0 saturated heterocycles. The van der Waals surface area contributed by atoms with Gasteiger partial charge in [0.2, 0.25) is 11.8 Å². The molecule has 3 aliphatic rings. The Bertz CT molecular complexity index is 621. The van der Waals surface area contributed by atoms with Crippen molar-refractivity contribution in [1.82, 2.24) is 10.6 Å². The summed E-state index contributed by atoms with van der Waals surface area (Å²) in [5, 5.41) is 17.8. The maximum absolute atomic E-state index is 12.9. The third kappa shape index (κ3) is 5.44. The van der Waals surface area contributed by atoms with Crippen LogP contribution >= 0.6 is 0 Å². The molecule has 3 saturated carbocycles. The Morgan fingerprint density at radius 3 is 2.48 bits per heavy atom. The molecule has 3 N–H and O–H groups in total. The maximum atomic E-state index is 12.9. The van der Waals surface area contributed by atoms with Crippen LogP contribution in [0.4, 0.5) is 0 Å². The largest absolute Gasteiger partial charge is 0.392 e. The summed E-state index contributed by atoms with van der Waals surface area (Å²) < 4.78 is 5.03. The van der Waals surface area contributed by atoms with E-state index in [0.717, 1.165) is 51.4 Å². The van der Waals surface area contributed by atoms with Gasteiger partial charge in [-0.15, -0.1) is 0 Å². The van der Waals surface area contributed by atoms with Gasteiger partial charge in [0, 0.05) is 31.5 Å². The normalized spacial score (nSPS) is 37.5. The predicted molar refractivity (Wildman–Crippen MR) is 121 cm³/mol. The molecular weight excluding hydrogens is 392 g/mol. The number of ether oxygens (including phenoxy) is 1. The van der Waals surface area contributed by atoms with Crippen LogP contribution in [0, 0.1) is 35.0 Å². The number of rotatable bonds is 7. The smallest absolute Gasteiger partial charge is 0.223 e. The number of methoxy groups -OCH3 is 1. The molecule has 0 heterocycles. The van der Waals surface area contributed by atoms with Crippen molar-refractivity contribution in [1.29, 1.82) is 0 Å². The molecule has 3 rings (SSSR count). The number of amides is 2. The highest BCUT2D eigenvalue weighted by atomic mass is 16.5. The van der Waals surface area contributed by atoms with Crippen molar-refractivity contribution in [3.05, 3.63) is 0 Å². The van der Waals surface area contributed by atoms with E-state index in [2.05, 4.69) is 24.5 Å². The van der Waals surface area contributed by atoms with Crippen LogP contribution in [0.5, 0.6) is 0 Å². The van der Waals surface area contributed by atoms with Crippen LogP contribution in [-0.2, 0) is 14.3 Å². The lowest BCUT2D eigenvalue weighted by atomic mass is 9.51. The first-order chi connectivity index (χ1) is 14.8. The SMILES string of the molecule is COCCNC(=O)[C@@H](C)[C@@H]1CC[C@@]2(C)CC[C@H](NC(=O)C3CCCCC3)[C@@H](C)[C@@H]2[C@H]1O. The molecule has 6 nitrogen and oxygen atoms in total. The van der Waals surface area contributed by atoms with Crippen LogP contribution in [-0.4, -0.2) is 49.3 Å². The molecule has 31 heavy (non-hydrogen) atoms. The van der Waals surface area contributed by atoms with E-state index >= 15 is 0 Å². The van der Waals surface area contributed by atoms with E-state index in [0.29, 0.717) is 13.2 Å². The zero-order valence-corrected chi connectivity index (χ0v) is 20.0. The van der Waals surface area contributed by atoms with Gasteiger partial charge in [0.25, 0.3) is 0 Å². The van der Waals surface area contributed by atoms with E-state index in [1.54, 1.807) is 7.11 Å². The topological polar surface area (TPSA) is 87.7 Å². The minimum Gasteiger partial charge on any atom is -0.392 e. The lowest BCUT2D eigenvalue weighted by molar-refractivity contribution is -0.144. The maximum Gasteiger partial charge on any atom is 0.223 e. The van der Waals surface area contributed by atoms with Gasteiger partial charge >= 0.3 is 0 Å². The summed E-state index contributed by atoms with van der Waals surface area (Å²) >= 11 is 0. The number of fused-ring (bicyclic) bond motifs is 1. The standard InChI is InChI=1S/C25H44N2O4/c1-16(23(29)26-14-15-31-4)19-10-12-25(3)13-11-20(17(2)21(25)22(19)28)27-24(30)18-8-6-5-7-9-18/h16-22,28H,5-15H2,1-4H3,(H,26,29)(H,27,30)/t16-,17+,19-,20-,21+,22-,25-/m0/s1. The van der Waals surface area contributed by atoms with Crippen LogP contribution in [0.2, 0.25) is 0 Å². The molecule has 7 atom stereocenters. The third-order valence-corrected chi connectivity index (χ3v) is 8.85. The van der Waals surface area contributed by atoms with Crippen LogP contribution < -0.4 is 10.6 Å². The van der Waals surface area contributed by atoms with Crippen LogP contribution in [0.1, 0.15) is 78.6 Å². The van der Waals surface area contributed by atoms with Crippen LogP contribution in [0.3, 0.4) is 0 Å². The first kappa shape index (κ1) is 24.5. The minimum absolute atomic E-state index is 0.00434. The summed E-state index contributed by atoms with van der Waals surface area (Å²) in [5.74, 6) is 0.396. The monoisotopic (exact) mass is 436 g/mol. The van der Waals surface area contributed by atoms with Gasteiger partial charge in [-0.1, -0.05) is 40.0 Å². The molecule has 0 aromatic rings. The summed E-state index contributed by atoms with van der Waals surface area (Å²) in [6, 6.07) is 0.117. The number of hydrogen-bond acceptors (Lipinski definition) is 4. The van der Waals surface area contributed by atoms with Crippen molar-refractivity contribution in [2.24, 2.45) is 35.0 Å². The predicted octanol–water partition coefficient (Wildman–Crippen LogP) is 3.27. The van der Waals surface area contributed by atoms with E-state index in [4.69, 9.17) is 4.74 Å². The van der Waals surface area contributed by atoms with Gasteiger partial charge in [-0.05, 0) is 61.7 Å². The summed E-state index contributed by atoms with van der Waals surface area (Å²) in [4.78, 5) is 25.5. The van der Waals surface area contributed by atoms with E-state index in [9.17, 15) is 14.7 Å². The number of aliphatic hydroxyl groups is 1. The summed E-state index contributed by atoms with van der Waals surface area (Å²) in [6.45, 7) is 7.43. The Kier molecular flexibility index (Phi) is 8.42. The van der Waals surface area contributed by atoms with Crippen molar-refractivity contribution >= 4 is 11.8 Å². The summed E-state index contributed by atoms with van der Waals surface area (Å²) in [6.07, 6.45) is 8.96. The zero-order valence-electron chi connectivity index (χ0n) is 20.0. The fourth-order valence-corrected chi connectivity index (χ4v) is 6.79. The summed E-state index contributed by atoms with van der Waals surface area (Å²) in [5.41, 5.74) is 0.0770. The summed E-state index contributed by atoms with van der Waals surface area (Å²) in [7, 11) is 1.62. The second-order valence-electron chi connectivity index (χ2n) is 10.8. The quantitative estimate of drug-likeness (QED) is 0.535. The molecule has 0 spiro atoms. The van der Waals surface area contributed by atoms with Gasteiger partial charge in [-0.3, -0.25) is 9.59 Å². The fraction of sp³-hybridized carbons (Fsp3) is 0.920. The van der Waals surface area contributed by atoms with Crippen molar-refractivity contribution < 1.29 is 19.4 Å². The lowest BCUT2D eigenvalue weighted by Gasteiger charge is -2.56. The third-order valence-electron chi connectivity index (χ3n) is 8.85. The average Bonchev–Trinajstić information content (AvgIpc) is 2.76. The first-order valence-corrected chi connectivity index (χ1v) is 12.5. The Balaban J connectivity index is 1.65. The molecular formula is C25H44N2O4. The Morgan fingerprint density at radius 2 is 1.81 bits per heavy atom. The van der Waals surface area contributed by atoms with Crippen LogP contribution in [0.25, 0.3) is 0 Å². The number of hydrogen-bond donors (Lipinski definition) is 3. The molecule has 0 aromatic carbocycles. The van der Waals surface area contributed by atoms with E-state index < -0.39 is 6.10 Å². The molecule has 0 aromatic heterocycles. The second kappa shape index (κ2) is 10.7.